The van der Waals surface area contributed by atoms with Crippen molar-refractivity contribution in [1.82, 2.24) is 5.43 Å². The Morgan fingerprint density at radius 2 is 1.86 bits per heavy atom. The maximum Gasteiger partial charge on any atom is 0.271 e. The van der Waals surface area contributed by atoms with E-state index in [9.17, 15) is 4.79 Å². The highest BCUT2D eigenvalue weighted by atomic mass is 35.5. The fourth-order valence-electron chi connectivity index (χ4n) is 2.03. The van der Waals surface area contributed by atoms with E-state index in [4.69, 9.17) is 11.6 Å². The Bertz CT molecular complexity index is 721. The molecular formula is C18H17ClN2O. The lowest BCUT2D eigenvalue weighted by Gasteiger charge is -2.04. The van der Waals surface area contributed by atoms with Gasteiger partial charge in [-0.25, -0.2) is 5.43 Å². The summed E-state index contributed by atoms with van der Waals surface area (Å²) in [5.41, 5.74) is 6.09. The van der Waals surface area contributed by atoms with Crippen LogP contribution in [0.5, 0.6) is 0 Å². The summed E-state index contributed by atoms with van der Waals surface area (Å²) >= 11 is 6.06. The van der Waals surface area contributed by atoms with Gasteiger partial charge >= 0.3 is 0 Å². The quantitative estimate of drug-likeness (QED) is 0.663. The second kappa shape index (κ2) is 7.57. The molecule has 1 amide bonds. The first-order valence-electron chi connectivity index (χ1n) is 6.89. The number of allylic oxidation sites excluding steroid dienone is 1. The predicted octanol–water partition coefficient (Wildman–Crippen LogP) is 4.30. The molecule has 0 unspecified atom stereocenters. The van der Waals surface area contributed by atoms with Gasteiger partial charge in [-0.1, -0.05) is 59.6 Å². The van der Waals surface area contributed by atoms with Gasteiger partial charge in [0.1, 0.15) is 0 Å². The molecule has 3 nitrogen and oxygen atoms in total. The van der Waals surface area contributed by atoms with Gasteiger partial charge in [-0.2, -0.15) is 5.10 Å². The number of nitrogens with zero attached hydrogens (tertiary/aromatic N) is 1. The molecule has 0 fully saturated rings. The van der Waals surface area contributed by atoms with Gasteiger partial charge in [-0.05, 0) is 37.1 Å². The number of halogens is 1. The molecule has 0 aromatic heterocycles. The standard InChI is InChI=1S/C18H17ClN2O/c1-13-8-9-17(14(2)10-13)18(22)21-20-12-16(19)11-15-6-4-3-5-7-15/h3-12H,1-2H3,(H,21,22)/b16-11-,20-12-. The minimum absolute atomic E-state index is 0.252. The van der Waals surface area contributed by atoms with Crippen molar-refractivity contribution in [3.8, 4) is 0 Å². The fraction of sp³-hybridized carbons (Fsp3) is 0.111. The molecule has 112 valence electrons. The highest BCUT2D eigenvalue weighted by molar-refractivity contribution is 6.41. The number of carbonyl (C=O) groups is 1. The molecular weight excluding hydrogens is 296 g/mol. The molecule has 2 aromatic rings. The Balaban J connectivity index is 2.00. The number of amides is 1. The maximum atomic E-state index is 12.0. The van der Waals surface area contributed by atoms with Crippen LogP contribution in [-0.4, -0.2) is 12.1 Å². The van der Waals surface area contributed by atoms with Crippen LogP contribution in [0, 0.1) is 13.8 Å². The van der Waals surface area contributed by atoms with Crippen LogP contribution in [0.2, 0.25) is 0 Å². The number of nitrogens with one attached hydrogen (secondary N) is 1. The Morgan fingerprint density at radius 3 is 2.55 bits per heavy atom. The number of carbonyl (C=O) groups excluding carboxylic acids is 1. The largest absolute Gasteiger partial charge is 0.271 e. The van der Waals surface area contributed by atoms with Gasteiger partial charge in [0.25, 0.3) is 5.91 Å². The zero-order chi connectivity index (χ0) is 15.9. The van der Waals surface area contributed by atoms with E-state index < -0.39 is 0 Å². The van der Waals surface area contributed by atoms with Gasteiger partial charge in [0.05, 0.1) is 11.2 Å². The third-order valence-electron chi connectivity index (χ3n) is 3.08. The second-order valence-corrected chi connectivity index (χ2v) is 5.39. The van der Waals surface area contributed by atoms with Crippen LogP contribution in [-0.2, 0) is 0 Å². The normalized spacial score (nSPS) is 11.7. The van der Waals surface area contributed by atoms with E-state index in [0.717, 1.165) is 16.7 Å². The van der Waals surface area contributed by atoms with Crippen LogP contribution >= 0.6 is 11.6 Å². The first kappa shape index (κ1) is 16.0. The Labute approximate surface area is 135 Å². The summed E-state index contributed by atoms with van der Waals surface area (Å²) in [4.78, 5) is 12.0. The van der Waals surface area contributed by atoms with Gasteiger partial charge in [0.15, 0.2) is 0 Å². The highest BCUT2D eigenvalue weighted by Gasteiger charge is 2.07. The fourth-order valence-corrected chi connectivity index (χ4v) is 2.20. The molecule has 0 atom stereocenters. The van der Waals surface area contributed by atoms with Crippen molar-refractivity contribution in [3.63, 3.8) is 0 Å². The molecule has 0 saturated carbocycles. The molecule has 1 N–H and O–H groups in total. The van der Waals surface area contributed by atoms with Crippen molar-refractivity contribution in [2.75, 3.05) is 0 Å². The number of rotatable bonds is 4. The third kappa shape index (κ3) is 4.57. The Morgan fingerprint density at radius 1 is 1.14 bits per heavy atom. The van der Waals surface area contributed by atoms with E-state index in [1.165, 1.54) is 6.21 Å². The summed E-state index contributed by atoms with van der Waals surface area (Å²) in [5, 5.41) is 4.32. The number of hydrogen-bond acceptors (Lipinski definition) is 2. The van der Waals surface area contributed by atoms with Gasteiger partial charge in [0.2, 0.25) is 0 Å². The number of hydrazone groups is 1. The smallest absolute Gasteiger partial charge is 0.267 e. The van der Waals surface area contributed by atoms with Crippen LogP contribution in [0.3, 0.4) is 0 Å². The summed E-state index contributed by atoms with van der Waals surface area (Å²) in [6.07, 6.45) is 3.18. The van der Waals surface area contributed by atoms with Crippen LogP contribution in [0.25, 0.3) is 6.08 Å². The minimum atomic E-state index is -0.252. The van der Waals surface area contributed by atoms with Crippen molar-refractivity contribution in [2.24, 2.45) is 5.10 Å². The second-order valence-electron chi connectivity index (χ2n) is 4.96. The summed E-state index contributed by atoms with van der Waals surface area (Å²) in [7, 11) is 0. The molecule has 0 heterocycles. The lowest BCUT2D eigenvalue weighted by atomic mass is 10.1. The highest BCUT2D eigenvalue weighted by Crippen LogP contribution is 2.10. The van der Waals surface area contributed by atoms with E-state index in [0.29, 0.717) is 10.6 Å². The van der Waals surface area contributed by atoms with Crippen LogP contribution in [0.1, 0.15) is 27.0 Å². The van der Waals surface area contributed by atoms with E-state index in [-0.39, 0.29) is 5.91 Å². The molecule has 0 spiro atoms. The average Bonchev–Trinajstić information content (AvgIpc) is 2.48. The number of benzene rings is 2. The zero-order valence-electron chi connectivity index (χ0n) is 12.5. The van der Waals surface area contributed by atoms with Crippen molar-refractivity contribution in [3.05, 3.63) is 75.8 Å². The molecule has 22 heavy (non-hydrogen) atoms. The monoisotopic (exact) mass is 312 g/mol. The molecule has 0 aliphatic carbocycles. The summed E-state index contributed by atoms with van der Waals surface area (Å²) in [6.45, 7) is 3.88. The van der Waals surface area contributed by atoms with E-state index in [2.05, 4.69) is 10.5 Å². The zero-order valence-corrected chi connectivity index (χ0v) is 13.3. The van der Waals surface area contributed by atoms with Crippen molar-refractivity contribution in [1.29, 1.82) is 0 Å². The Kier molecular flexibility index (Phi) is 5.50. The molecule has 0 aliphatic heterocycles. The van der Waals surface area contributed by atoms with Gasteiger partial charge in [-0.3, -0.25) is 4.79 Å². The third-order valence-corrected chi connectivity index (χ3v) is 3.29. The first-order chi connectivity index (χ1) is 10.6. The van der Waals surface area contributed by atoms with E-state index in [1.807, 2.05) is 56.3 Å². The predicted molar refractivity (Wildman–Crippen MR) is 92.1 cm³/mol. The SMILES string of the molecule is Cc1ccc(C(=O)N/N=C\C(Cl)=C\c2ccccc2)c(C)c1. The first-order valence-corrected chi connectivity index (χ1v) is 7.27. The average molecular weight is 313 g/mol. The van der Waals surface area contributed by atoms with Crippen LogP contribution < -0.4 is 5.43 Å². The van der Waals surface area contributed by atoms with E-state index >= 15 is 0 Å². The summed E-state index contributed by atoms with van der Waals surface area (Å²) in [5.74, 6) is -0.252. The van der Waals surface area contributed by atoms with Gasteiger partial charge in [0, 0.05) is 5.56 Å². The Hall–Kier alpha value is -2.39. The van der Waals surface area contributed by atoms with Crippen molar-refractivity contribution < 1.29 is 4.79 Å². The molecule has 2 rings (SSSR count). The van der Waals surface area contributed by atoms with Crippen molar-refractivity contribution in [2.45, 2.75) is 13.8 Å². The topological polar surface area (TPSA) is 41.5 Å². The molecule has 4 heteroatoms. The maximum absolute atomic E-state index is 12.0. The lowest BCUT2D eigenvalue weighted by molar-refractivity contribution is 0.0954. The van der Waals surface area contributed by atoms with Crippen molar-refractivity contribution >= 4 is 29.8 Å². The van der Waals surface area contributed by atoms with Gasteiger partial charge < -0.3 is 0 Å². The molecule has 0 bridgehead atoms. The minimum Gasteiger partial charge on any atom is -0.267 e. The van der Waals surface area contributed by atoms with Crippen LogP contribution in [0.15, 0.2) is 58.7 Å². The number of aryl methyl sites for hydroxylation is 2. The van der Waals surface area contributed by atoms with Crippen LogP contribution in [0.4, 0.5) is 0 Å². The molecule has 0 saturated heterocycles. The molecule has 0 aliphatic rings. The van der Waals surface area contributed by atoms with Gasteiger partial charge in [-0.15, -0.1) is 0 Å². The molecule has 2 aromatic carbocycles. The van der Waals surface area contributed by atoms with E-state index in [1.54, 1.807) is 12.1 Å². The summed E-state index contributed by atoms with van der Waals surface area (Å²) < 4.78 is 0. The lowest BCUT2D eigenvalue weighted by Crippen LogP contribution is -2.18. The number of hydrogen-bond donors (Lipinski definition) is 1. The summed E-state index contributed by atoms with van der Waals surface area (Å²) in [6, 6.07) is 15.3. The molecule has 0 radical (unpaired) electrons.